The van der Waals surface area contributed by atoms with Gasteiger partial charge in [0.25, 0.3) is 0 Å². The highest BCUT2D eigenvalue weighted by Gasteiger charge is 2.25. The Balaban J connectivity index is 1.62. The van der Waals surface area contributed by atoms with Gasteiger partial charge in [0.15, 0.2) is 0 Å². The van der Waals surface area contributed by atoms with E-state index in [1.54, 1.807) is 0 Å². The van der Waals surface area contributed by atoms with Gasteiger partial charge in [0.1, 0.15) is 0 Å². The number of halogens is 1. The number of benzene rings is 1. The number of nitrogens with zero attached hydrogens (tertiary/aromatic N) is 3. The summed E-state index contributed by atoms with van der Waals surface area (Å²) in [6.45, 7) is 0. The molecule has 1 N–H and O–H groups in total. The molecular formula is C17H16BrN4+. The van der Waals surface area contributed by atoms with Crippen LogP contribution in [0.5, 0.6) is 0 Å². The topological polar surface area (TPSA) is 33.7 Å². The molecule has 2 heterocycles. The van der Waals surface area contributed by atoms with Crippen LogP contribution in [-0.2, 0) is 0 Å². The standard InChI is InChI=1S/C17H16BrN4/c18-14-6-8-21(9-7-14)20-15-3-1-2-13(10-15)17-11-19-12-22(17)16-4-5-16/h1-3,6-12,16,20H,4-5H2/q+1. The van der Waals surface area contributed by atoms with Crippen molar-refractivity contribution in [1.82, 2.24) is 9.55 Å². The molecule has 1 aliphatic carbocycles. The van der Waals surface area contributed by atoms with Gasteiger partial charge in [-0.1, -0.05) is 32.7 Å². The maximum absolute atomic E-state index is 4.32. The fraction of sp³-hybridized carbons (Fsp3) is 0.176. The van der Waals surface area contributed by atoms with Crippen molar-refractivity contribution in [2.75, 3.05) is 5.43 Å². The Morgan fingerprint density at radius 1 is 1.18 bits per heavy atom. The smallest absolute Gasteiger partial charge is 0.200 e. The lowest BCUT2D eigenvalue weighted by Crippen LogP contribution is -2.41. The molecule has 0 bridgehead atoms. The summed E-state index contributed by atoms with van der Waals surface area (Å²) < 4.78 is 5.28. The van der Waals surface area contributed by atoms with Gasteiger partial charge in [-0.3, -0.25) is 0 Å². The van der Waals surface area contributed by atoms with Gasteiger partial charge in [0, 0.05) is 28.2 Å². The van der Waals surface area contributed by atoms with Crippen LogP contribution >= 0.6 is 15.9 Å². The lowest BCUT2D eigenvalue weighted by Gasteiger charge is -2.08. The van der Waals surface area contributed by atoms with Crippen LogP contribution in [0.15, 0.2) is 65.8 Å². The third-order valence-electron chi connectivity index (χ3n) is 3.81. The number of anilines is 1. The van der Waals surface area contributed by atoms with Gasteiger partial charge in [0.05, 0.1) is 23.9 Å². The second-order valence-corrected chi connectivity index (χ2v) is 6.45. The summed E-state index contributed by atoms with van der Waals surface area (Å²) in [6.07, 6.45) is 10.4. The maximum atomic E-state index is 4.32. The molecule has 4 nitrogen and oxygen atoms in total. The normalized spacial score (nSPS) is 14.0. The van der Waals surface area contributed by atoms with E-state index >= 15 is 0 Å². The van der Waals surface area contributed by atoms with E-state index < -0.39 is 0 Å². The van der Waals surface area contributed by atoms with E-state index in [9.17, 15) is 0 Å². The van der Waals surface area contributed by atoms with Crippen molar-refractivity contribution in [3.63, 3.8) is 0 Å². The van der Waals surface area contributed by atoms with Gasteiger partial charge in [-0.05, 0) is 25.0 Å². The number of imidazole rings is 1. The lowest BCUT2D eigenvalue weighted by molar-refractivity contribution is -0.643. The Labute approximate surface area is 137 Å². The molecule has 3 aromatic rings. The summed E-state index contributed by atoms with van der Waals surface area (Å²) in [4.78, 5) is 4.32. The third kappa shape index (κ3) is 2.76. The minimum Gasteiger partial charge on any atom is -0.328 e. The maximum Gasteiger partial charge on any atom is 0.200 e. The van der Waals surface area contributed by atoms with E-state index in [4.69, 9.17) is 0 Å². The fourth-order valence-electron chi connectivity index (χ4n) is 2.55. The van der Waals surface area contributed by atoms with Gasteiger partial charge < -0.3 is 4.57 Å². The average molecular weight is 356 g/mol. The minimum atomic E-state index is 0.634. The van der Waals surface area contributed by atoms with Crippen LogP contribution in [0, 0.1) is 0 Å². The summed E-state index contributed by atoms with van der Waals surface area (Å²) in [5.41, 5.74) is 6.79. The first-order valence-electron chi connectivity index (χ1n) is 7.36. The summed E-state index contributed by atoms with van der Waals surface area (Å²) >= 11 is 3.45. The van der Waals surface area contributed by atoms with E-state index in [0.717, 1.165) is 10.2 Å². The van der Waals surface area contributed by atoms with Gasteiger partial charge in [-0.2, -0.15) is 5.43 Å². The first-order valence-corrected chi connectivity index (χ1v) is 8.15. The predicted molar refractivity (Wildman–Crippen MR) is 89.3 cm³/mol. The Morgan fingerprint density at radius 2 is 2.00 bits per heavy atom. The van der Waals surface area contributed by atoms with Crippen LogP contribution in [0.1, 0.15) is 18.9 Å². The fourth-order valence-corrected chi connectivity index (χ4v) is 2.79. The van der Waals surface area contributed by atoms with Crippen molar-refractivity contribution < 1.29 is 4.68 Å². The van der Waals surface area contributed by atoms with Crippen molar-refractivity contribution >= 4 is 21.6 Å². The zero-order valence-corrected chi connectivity index (χ0v) is 13.6. The third-order valence-corrected chi connectivity index (χ3v) is 4.34. The van der Waals surface area contributed by atoms with Crippen LogP contribution in [-0.4, -0.2) is 9.55 Å². The molecule has 2 aromatic heterocycles. The molecule has 22 heavy (non-hydrogen) atoms. The number of nitrogens with one attached hydrogen (secondary N) is 1. The number of hydrogen-bond acceptors (Lipinski definition) is 2. The zero-order valence-electron chi connectivity index (χ0n) is 12.0. The molecule has 0 aliphatic heterocycles. The lowest BCUT2D eigenvalue weighted by atomic mass is 10.1. The summed E-state index contributed by atoms with van der Waals surface area (Å²) in [5, 5.41) is 0. The van der Waals surface area contributed by atoms with E-state index in [2.05, 4.69) is 55.2 Å². The molecule has 0 atom stereocenters. The second-order valence-electron chi connectivity index (χ2n) is 5.53. The molecule has 5 heteroatoms. The molecule has 1 aromatic carbocycles. The molecule has 1 fully saturated rings. The Hall–Kier alpha value is -2.14. The van der Waals surface area contributed by atoms with E-state index in [1.807, 2.05) is 41.7 Å². The molecule has 1 aliphatic rings. The van der Waals surface area contributed by atoms with Crippen molar-refractivity contribution in [3.8, 4) is 11.3 Å². The first kappa shape index (κ1) is 13.5. The van der Waals surface area contributed by atoms with Gasteiger partial charge in [0.2, 0.25) is 12.4 Å². The summed E-state index contributed by atoms with van der Waals surface area (Å²) in [6, 6.07) is 13.1. The number of rotatable bonds is 4. The van der Waals surface area contributed by atoms with Crippen molar-refractivity contribution in [2.45, 2.75) is 18.9 Å². The molecule has 0 saturated heterocycles. The van der Waals surface area contributed by atoms with Crippen molar-refractivity contribution in [2.24, 2.45) is 0 Å². The second kappa shape index (κ2) is 5.57. The zero-order chi connectivity index (χ0) is 14.9. The minimum absolute atomic E-state index is 0.634. The van der Waals surface area contributed by atoms with Crippen molar-refractivity contribution in [1.29, 1.82) is 0 Å². The van der Waals surface area contributed by atoms with Crippen LogP contribution < -0.4 is 10.1 Å². The molecule has 110 valence electrons. The molecular weight excluding hydrogens is 340 g/mol. The Morgan fingerprint density at radius 3 is 2.77 bits per heavy atom. The van der Waals surface area contributed by atoms with Gasteiger partial charge in [-0.15, -0.1) is 0 Å². The Kier molecular flexibility index (Phi) is 3.42. The highest BCUT2D eigenvalue weighted by molar-refractivity contribution is 9.10. The molecule has 0 unspecified atom stereocenters. The quantitative estimate of drug-likeness (QED) is 0.722. The molecule has 0 amide bonds. The predicted octanol–water partition coefficient (Wildman–Crippen LogP) is 3.81. The summed E-state index contributed by atoms with van der Waals surface area (Å²) in [5.74, 6) is 0. The van der Waals surface area contributed by atoms with Crippen LogP contribution in [0.25, 0.3) is 11.3 Å². The summed E-state index contributed by atoms with van der Waals surface area (Å²) in [7, 11) is 0. The van der Waals surface area contributed by atoms with Crippen molar-refractivity contribution in [3.05, 3.63) is 65.8 Å². The molecule has 4 rings (SSSR count). The monoisotopic (exact) mass is 355 g/mol. The average Bonchev–Trinajstić information content (AvgIpc) is 3.27. The van der Waals surface area contributed by atoms with Crippen LogP contribution in [0.4, 0.5) is 5.69 Å². The van der Waals surface area contributed by atoms with Gasteiger partial charge in [-0.25, -0.2) is 4.98 Å². The number of aromatic nitrogens is 3. The first-order chi connectivity index (χ1) is 10.8. The van der Waals surface area contributed by atoms with Crippen LogP contribution in [0.3, 0.4) is 0 Å². The van der Waals surface area contributed by atoms with Crippen LogP contribution in [0.2, 0.25) is 0 Å². The Bertz CT molecular complexity index is 790. The van der Waals surface area contributed by atoms with Gasteiger partial charge >= 0.3 is 0 Å². The van der Waals surface area contributed by atoms with E-state index in [-0.39, 0.29) is 0 Å². The molecule has 0 radical (unpaired) electrons. The largest absolute Gasteiger partial charge is 0.328 e. The number of pyridine rings is 1. The SMILES string of the molecule is Brc1cc[n+](Nc2cccc(-c3cncn3C3CC3)c2)cc1. The van der Waals surface area contributed by atoms with E-state index in [0.29, 0.717) is 6.04 Å². The van der Waals surface area contributed by atoms with E-state index in [1.165, 1.54) is 24.1 Å². The highest BCUT2D eigenvalue weighted by atomic mass is 79.9. The number of hydrogen-bond donors (Lipinski definition) is 1. The highest BCUT2D eigenvalue weighted by Crippen LogP contribution is 2.38. The molecule has 0 spiro atoms. The molecule has 1 saturated carbocycles.